The first-order chi connectivity index (χ1) is 22.5. The maximum Gasteiger partial charge on any atom is 0.0401 e. The van der Waals surface area contributed by atoms with Gasteiger partial charge in [-0.15, -0.1) is 0 Å². The molecule has 4 atom stereocenters. The van der Waals surface area contributed by atoms with Gasteiger partial charge in [-0.1, -0.05) is 98.1 Å². The van der Waals surface area contributed by atoms with Crippen molar-refractivity contribution in [3.05, 3.63) is 142 Å². The molecule has 0 fully saturated rings. The topological polar surface area (TPSA) is 55.3 Å². The van der Waals surface area contributed by atoms with E-state index in [1.807, 2.05) is 6.08 Å². The molecule has 46 heavy (non-hydrogen) atoms. The van der Waals surface area contributed by atoms with Crippen LogP contribution in [0.1, 0.15) is 85.0 Å². The van der Waals surface area contributed by atoms with Gasteiger partial charge >= 0.3 is 0 Å². The first-order valence-electron chi connectivity index (χ1n) is 17.9. The third kappa shape index (κ3) is 7.59. The van der Waals surface area contributed by atoms with Crippen LogP contribution < -0.4 is 11.5 Å². The molecule has 0 spiro atoms. The number of fused-ring (bicyclic) bond motifs is 2. The van der Waals surface area contributed by atoms with E-state index in [4.69, 9.17) is 11.5 Å². The van der Waals surface area contributed by atoms with Gasteiger partial charge in [-0.25, -0.2) is 0 Å². The largest absolute Gasteiger partial charge is 0.405 e. The van der Waals surface area contributed by atoms with E-state index in [0.717, 1.165) is 57.4 Å². The van der Waals surface area contributed by atoms with Crippen LogP contribution in [0.4, 0.5) is 0 Å². The molecule has 4 unspecified atom stereocenters. The molecule has 5 aliphatic rings. The van der Waals surface area contributed by atoms with Gasteiger partial charge in [0.1, 0.15) is 0 Å². The van der Waals surface area contributed by atoms with Gasteiger partial charge in [0.25, 0.3) is 0 Å². The van der Waals surface area contributed by atoms with E-state index in [2.05, 4.69) is 105 Å². The molecule has 0 aromatic heterocycles. The average molecular weight is 616 g/mol. The van der Waals surface area contributed by atoms with Crippen LogP contribution in [0.25, 0.3) is 0 Å². The zero-order chi connectivity index (χ0) is 32.5. The van der Waals surface area contributed by atoms with Crippen LogP contribution in [-0.4, -0.2) is 30.1 Å². The van der Waals surface area contributed by atoms with Crippen molar-refractivity contribution < 1.29 is 0 Å². The maximum atomic E-state index is 6.32. The highest BCUT2D eigenvalue weighted by molar-refractivity contribution is 5.60. The van der Waals surface area contributed by atoms with E-state index >= 15 is 0 Å². The molecule has 0 saturated heterocycles. The Kier molecular flexibility index (Phi) is 12.1. The summed E-state index contributed by atoms with van der Waals surface area (Å²) in [6, 6.07) is 0.629. The molecular weight excluding hydrogens is 558 g/mol. The first-order valence-corrected chi connectivity index (χ1v) is 17.9. The molecule has 0 bridgehead atoms. The summed E-state index contributed by atoms with van der Waals surface area (Å²) < 4.78 is 0. The average Bonchev–Trinajstić information content (AvgIpc) is 3.09. The summed E-state index contributed by atoms with van der Waals surface area (Å²) in [5, 5.41) is 0. The summed E-state index contributed by atoms with van der Waals surface area (Å²) in [5.41, 5.74) is 24.7. The molecule has 244 valence electrons. The molecule has 4 N–H and O–H groups in total. The van der Waals surface area contributed by atoms with E-state index < -0.39 is 0 Å². The lowest BCUT2D eigenvalue weighted by Crippen LogP contribution is -2.51. The summed E-state index contributed by atoms with van der Waals surface area (Å²) in [6.07, 6.45) is 43.4. The second-order valence-electron chi connectivity index (χ2n) is 13.6. The fourth-order valence-electron chi connectivity index (χ4n) is 8.31. The van der Waals surface area contributed by atoms with E-state index in [0.29, 0.717) is 18.5 Å². The lowest BCUT2D eigenvalue weighted by molar-refractivity contribution is 0.126. The molecule has 3 heteroatoms. The van der Waals surface area contributed by atoms with Crippen molar-refractivity contribution in [1.82, 2.24) is 4.90 Å². The highest BCUT2D eigenvalue weighted by atomic mass is 15.2. The van der Waals surface area contributed by atoms with Gasteiger partial charge in [0.05, 0.1) is 0 Å². The quantitative estimate of drug-likeness (QED) is 0.138. The van der Waals surface area contributed by atoms with Crippen LogP contribution in [0.15, 0.2) is 142 Å². The lowest BCUT2D eigenvalue weighted by atomic mass is 9.72. The fourth-order valence-corrected chi connectivity index (χ4v) is 8.31. The zero-order valence-corrected chi connectivity index (χ0v) is 28.7. The predicted octanol–water partition coefficient (Wildman–Crippen LogP) is 9.80. The Morgan fingerprint density at radius 1 is 1.04 bits per heavy atom. The van der Waals surface area contributed by atoms with Gasteiger partial charge in [0.2, 0.25) is 0 Å². The highest BCUT2D eigenvalue weighted by Gasteiger charge is 2.40. The van der Waals surface area contributed by atoms with Crippen LogP contribution in [0.2, 0.25) is 0 Å². The van der Waals surface area contributed by atoms with Crippen molar-refractivity contribution in [3.63, 3.8) is 0 Å². The third-order valence-electron chi connectivity index (χ3n) is 10.9. The molecule has 5 rings (SSSR count). The number of allylic oxidation sites excluding steroid dienone is 14. The van der Waals surface area contributed by atoms with Gasteiger partial charge < -0.3 is 11.5 Å². The highest BCUT2D eigenvalue weighted by Crippen LogP contribution is 2.44. The van der Waals surface area contributed by atoms with Crippen molar-refractivity contribution in [2.45, 2.75) is 97.1 Å². The molecule has 0 aromatic rings. The summed E-state index contributed by atoms with van der Waals surface area (Å²) in [4.78, 5) is 2.88. The number of unbranched alkanes of at least 4 members (excludes halogenated alkanes) is 1. The molecule has 1 heterocycles. The van der Waals surface area contributed by atoms with Crippen LogP contribution in [0, 0.1) is 11.8 Å². The van der Waals surface area contributed by atoms with E-state index in [1.165, 1.54) is 63.8 Å². The minimum atomic E-state index is 0.266. The van der Waals surface area contributed by atoms with Crippen LogP contribution in [-0.2, 0) is 0 Å². The number of hydrogen-bond acceptors (Lipinski definition) is 3. The Morgan fingerprint density at radius 2 is 1.91 bits per heavy atom. The number of hydrogen-bond donors (Lipinski definition) is 2. The second kappa shape index (κ2) is 16.4. The summed E-state index contributed by atoms with van der Waals surface area (Å²) in [7, 11) is 0. The van der Waals surface area contributed by atoms with Crippen LogP contribution in [0.3, 0.4) is 0 Å². The van der Waals surface area contributed by atoms with Crippen molar-refractivity contribution in [2.24, 2.45) is 23.3 Å². The Morgan fingerprint density at radius 3 is 2.65 bits per heavy atom. The maximum absolute atomic E-state index is 6.32. The standard InChI is InChI=1S/C43H57N3/c1-5-7-18-38-31(3)39-26-25-36(37(29-45)14-6-2)28-43(39)46(42-20-13-17-34-16-10-11-19-40(34)42)30-41(32(38)4)35-23-21-33(22-24-35)15-9-8-12-27-44/h6-7,11-14,18-21,23,25-27,34,40,42-43H,2,5,8-10,15-17,22,24,28-30,44-45H2,1,3-4H3/b18-7-,27-12-,37-14+,38-31+,41-32+. The SMILES string of the molecule is C=C/C=C(\CN)C1=CC=C2/C(C)=C(\C=C/CC)C(/C)=C(/C3=CC=C(CCC/C=C\N)CC3)CN(C3C=CCC4CCC=CC43)C2C1. The first kappa shape index (κ1) is 33.9. The second-order valence-corrected chi connectivity index (χ2v) is 13.6. The third-order valence-corrected chi connectivity index (χ3v) is 10.9. The van der Waals surface area contributed by atoms with Gasteiger partial charge in [-0.3, -0.25) is 4.90 Å². The molecule has 0 radical (unpaired) electrons. The Bertz CT molecular complexity index is 1480. The summed E-state index contributed by atoms with van der Waals surface area (Å²) >= 11 is 0. The van der Waals surface area contributed by atoms with Crippen molar-refractivity contribution >= 4 is 0 Å². The smallest absolute Gasteiger partial charge is 0.0401 e. The number of nitrogens with two attached hydrogens (primary N) is 2. The van der Waals surface area contributed by atoms with E-state index in [9.17, 15) is 0 Å². The van der Waals surface area contributed by atoms with Crippen LogP contribution in [0.5, 0.6) is 0 Å². The van der Waals surface area contributed by atoms with Gasteiger partial charge in [-0.2, -0.15) is 0 Å². The minimum Gasteiger partial charge on any atom is -0.405 e. The Labute approximate surface area is 279 Å². The molecule has 1 aliphatic heterocycles. The van der Waals surface area contributed by atoms with Crippen molar-refractivity contribution in [1.29, 1.82) is 0 Å². The zero-order valence-electron chi connectivity index (χ0n) is 28.7. The minimum absolute atomic E-state index is 0.266. The normalized spacial score (nSPS) is 30.7. The molecule has 3 nitrogen and oxygen atoms in total. The Balaban J connectivity index is 1.64. The fraction of sp³-hybridized carbons (Fsp3) is 0.442. The van der Waals surface area contributed by atoms with E-state index in [1.54, 1.807) is 11.8 Å². The number of rotatable bonds is 11. The van der Waals surface area contributed by atoms with Crippen molar-refractivity contribution in [3.8, 4) is 0 Å². The van der Waals surface area contributed by atoms with Gasteiger partial charge in [0, 0.05) is 25.2 Å². The predicted molar refractivity (Wildman–Crippen MR) is 199 cm³/mol. The molecular formula is C43H57N3. The molecule has 0 amide bonds. The van der Waals surface area contributed by atoms with Gasteiger partial charge in [0.15, 0.2) is 0 Å². The van der Waals surface area contributed by atoms with Crippen LogP contribution >= 0.6 is 0 Å². The van der Waals surface area contributed by atoms with Crippen molar-refractivity contribution in [2.75, 3.05) is 13.1 Å². The molecule has 4 aliphatic carbocycles. The lowest BCUT2D eigenvalue weighted by Gasteiger charge is -2.48. The summed E-state index contributed by atoms with van der Waals surface area (Å²) in [5.74, 6) is 1.27. The molecule has 0 saturated carbocycles. The van der Waals surface area contributed by atoms with E-state index in [-0.39, 0.29) is 6.04 Å². The monoisotopic (exact) mass is 615 g/mol. The van der Waals surface area contributed by atoms with Gasteiger partial charge in [-0.05, 0) is 141 Å². The number of nitrogens with zero attached hydrogens (tertiary/aromatic N) is 1. The Hall–Kier alpha value is -3.40. The summed E-state index contributed by atoms with van der Waals surface area (Å²) in [6.45, 7) is 12.5. The molecule has 0 aromatic carbocycles.